The summed E-state index contributed by atoms with van der Waals surface area (Å²) in [6.45, 7) is 2.77. The van der Waals surface area contributed by atoms with Crippen molar-refractivity contribution in [1.29, 1.82) is 0 Å². The summed E-state index contributed by atoms with van der Waals surface area (Å²) >= 11 is 6.06. The fraction of sp³-hybridized carbons (Fsp3) is 0.273. The minimum atomic E-state index is -0.289. The Hall–Kier alpha value is -1.75. The number of fused-ring (bicyclic) bond motifs is 1. The van der Waals surface area contributed by atoms with Gasteiger partial charge in [0, 0.05) is 13.0 Å². The van der Waals surface area contributed by atoms with Crippen LogP contribution in [0, 0.1) is 0 Å². The molecule has 1 aliphatic heterocycles. The molecule has 1 aromatic carbocycles. The molecule has 5 nitrogen and oxygen atoms in total. The van der Waals surface area contributed by atoms with Gasteiger partial charge in [-0.15, -0.1) is 0 Å². The molecule has 1 aliphatic rings. The molecule has 1 N–H and O–H groups in total. The third kappa shape index (κ3) is 2.06. The Balaban J connectivity index is 2.61. The van der Waals surface area contributed by atoms with Gasteiger partial charge in [-0.3, -0.25) is 9.59 Å². The Kier molecular flexibility index (Phi) is 2.93. The summed E-state index contributed by atoms with van der Waals surface area (Å²) < 4.78 is 10.3. The Labute approximate surface area is 103 Å². The number of amides is 1. The van der Waals surface area contributed by atoms with E-state index in [9.17, 15) is 9.59 Å². The second kappa shape index (κ2) is 4.25. The van der Waals surface area contributed by atoms with Crippen molar-refractivity contribution in [3.8, 4) is 11.5 Å². The highest BCUT2D eigenvalue weighted by molar-refractivity contribution is 6.36. The lowest BCUT2D eigenvalue weighted by molar-refractivity contribution is -0.114. The molecule has 2 rings (SSSR count). The van der Waals surface area contributed by atoms with E-state index in [4.69, 9.17) is 21.1 Å². The molecule has 0 spiro atoms. The Bertz CT molecular complexity index is 513. The highest BCUT2D eigenvalue weighted by atomic mass is 35.5. The monoisotopic (exact) mass is 255 g/mol. The SMILES string of the molecule is CC(=O)Nc1cc2c(c(Cl)c1C(C)=O)OCO2. The number of carbonyl (C=O) groups is 2. The molecule has 90 valence electrons. The molecular weight excluding hydrogens is 246 g/mol. The minimum absolute atomic E-state index is 0.0515. The van der Waals surface area contributed by atoms with E-state index in [0.29, 0.717) is 17.2 Å². The lowest BCUT2D eigenvalue weighted by atomic mass is 10.1. The predicted octanol–water partition coefficient (Wildman–Crippen LogP) is 2.23. The van der Waals surface area contributed by atoms with E-state index in [1.165, 1.54) is 19.9 Å². The lowest BCUT2D eigenvalue weighted by Crippen LogP contribution is -2.10. The molecule has 1 heterocycles. The topological polar surface area (TPSA) is 64.6 Å². The van der Waals surface area contributed by atoms with E-state index in [-0.39, 0.29) is 29.1 Å². The van der Waals surface area contributed by atoms with Gasteiger partial charge in [-0.1, -0.05) is 11.6 Å². The summed E-state index contributed by atoms with van der Waals surface area (Å²) in [5.41, 5.74) is 0.561. The molecule has 0 radical (unpaired) electrons. The van der Waals surface area contributed by atoms with E-state index in [0.717, 1.165) is 0 Å². The average molecular weight is 256 g/mol. The van der Waals surface area contributed by atoms with Crippen LogP contribution in [0.2, 0.25) is 5.02 Å². The van der Waals surface area contributed by atoms with Crippen LogP contribution in [0.15, 0.2) is 6.07 Å². The highest BCUT2D eigenvalue weighted by Gasteiger charge is 2.25. The molecule has 0 saturated heterocycles. The fourth-order valence-electron chi connectivity index (χ4n) is 1.63. The molecule has 0 bridgehead atoms. The normalized spacial score (nSPS) is 12.4. The first-order valence-corrected chi connectivity index (χ1v) is 5.29. The lowest BCUT2D eigenvalue weighted by Gasteiger charge is -2.11. The average Bonchev–Trinajstić information content (AvgIpc) is 2.64. The molecule has 0 atom stereocenters. The molecule has 6 heteroatoms. The summed E-state index contributed by atoms with van der Waals surface area (Å²) in [6, 6.07) is 1.53. The van der Waals surface area contributed by atoms with Gasteiger partial charge in [0.05, 0.1) is 16.3 Å². The van der Waals surface area contributed by atoms with Gasteiger partial charge in [0.15, 0.2) is 17.3 Å². The number of anilines is 1. The second-order valence-corrected chi connectivity index (χ2v) is 3.96. The van der Waals surface area contributed by atoms with Crippen LogP contribution in [0.1, 0.15) is 24.2 Å². The number of rotatable bonds is 2. The zero-order valence-electron chi connectivity index (χ0n) is 9.30. The van der Waals surface area contributed by atoms with E-state index < -0.39 is 0 Å². The smallest absolute Gasteiger partial charge is 0.231 e. The van der Waals surface area contributed by atoms with Crippen molar-refractivity contribution in [3.05, 3.63) is 16.7 Å². The van der Waals surface area contributed by atoms with E-state index in [1.807, 2.05) is 0 Å². The first kappa shape index (κ1) is 11.7. The van der Waals surface area contributed by atoms with Crippen molar-refractivity contribution >= 4 is 29.0 Å². The quantitative estimate of drug-likeness (QED) is 0.823. The summed E-state index contributed by atoms with van der Waals surface area (Å²) in [5, 5.41) is 2.71. The van der Waals surface area contributed by atoms with Gasteiger partial charge in [-0.05, 0) is 6.92 Å². The number of benzene rings is 1. The van der Waals surface area contributed by atoms with Gasteiger partial charge in [-0.25, -0.2) is 0 Å². The number of hydrogen-bond acceptors (Lipinski definition) is 4. The number of ether oxygens (including phenoxy) is 2. The number of nitrogens with one attached hydrogen (secondary N) is 1. The first-order chi connectivity index (χ1) is 8.00. The maximum atomic E-state index is 11.5. The first-order valence-electron chi connectivity index (χ1n) is 4.91. The van der Waals surface area contributed by atoms with Gasteiger partial charge in [0.25, 0.3) is 0 Å². The predicted molar refractivity (Wildman–Crippen MR) is 61.9 cm³/mol. The van der Waals surface area contributed by atoms with Crippen molar-refractivity contribution in [2.75, 3.05) is 12.1 Å². The third-order valence-electron chi connectivity index (χ3n) is 2.27. The minimum Gasteiger partial charge on any atom is -0.453 e. The molecule has 17 heavy (non-hydrogen) atoms. The van der Waals surface area contributed by atoms with Crippen LogP contribution >= 0.6 is 11.6 Å². The maximum absolute atomic E-state index is 11.5. The van der Waals surface area contributed by atoms with Gasteiger partial charge < -0.3 is 14.8 Å². The molecule has 1 aromatic rings. The largest absolute Gasteiger partial charge is 0.453 e. The summed E-state index contributed by atoms with van der Waals surface area (Å²) in [4.78, 5) is 22.6. The van der Waals surface area contributed by atoms with Crippen LogP contribution < -0.4 is 14.8 Å². The van der Waals surface area contributed by atoms with Crippen molar-refractivity contribution in [2.45, 2.75) is 13.8 Å². The Morgan fingerprint density at radius 2 is 2.06 bits per heavy atom. The van der Waals surface area contributed by atoms with Crippen molar-refractivity contribution < 1.29 is 19.1 Å². The summed E-state index contributed by atoms with van der Waals surface area (Å²) in [7, 11) is 0. The molecule has 0 fully saturated rings. The highest BCUT2D eigenvalue weighted by Crippen LogP contribution is 2.44. The number of carbonyl (C=O) groups excluding carboxylic acids is 2. The number of ketones is 1. The van der Waals surface area contributed by atoms with Crippen molar-refractivity contribution in [2.24, 2.45) is 0 Å². The van der Waals surface area contributed by atoms with Gasteiger partial charge in [-0.2, -0.15) is 0 Å². The van der Waals surface area contributed by atoms with Gasteiger partial charge >= 0.3 is 0 Å². The van der Waals surface area contributed by atoms with Crippen molar-refractivity contribution in [1.82, 2.24) is 0 Å². The number of halogens is 1. The van der Waals surface area contributed by atoms with Crippen LogP contribution in [-0.4, -0.2) is 18.5 Å². The van der Waals surface area contributed by atoms with Crippen LogP contribution in [-0.2, 0) is 4.79 Å². The third-order valence-corrected chi connectivity index (χ3v) is 2.63. The van der Waals surface area contributed by atoms with Crippen LogP contribution in [0.25, 0.3) is 0 Å². The molecular formula is C11H10ClNO4. The van der Waals surface area contributed by atoms with Crippen LogP contribution in [0.5, 0.6) is 11.5 Å². The zero-order chi connectivity index (χ0) is 12.6. The zero-order valence-corrected chi connectivity index (χ0v) is 10.1. The Morgan fingerprint density at radius 1 is 1.35 bits per heavy atom. The fourth-order valence-corrected chi connectivity index (χ4v) is 2.02. The van der Waals surface area contributed by atoms with Crippen LogP contribution in [0.3, 0.4) is 0 Å². The molecule has 1 amide bonds. The molecule has 0 unspecified atom stereocenters. The van der Waals surface area contributed by atoms with Gasteiger partial charge in [0.1, 0.15) is 0 Å². The molecule has 0 aliphatic carbocycles. The molecule has 0 aromatic heterocycles. The summed E-state index contributed by atoms with van der Waals surface area (Å²) in [5.74, 6) is 0.217. The van der Waals surface area contributed by atoms with E-state index >= 15 is 0 Å². The molecule has 0 saturated carbocycles. The number of Topliss-reactive ketones (excluding diaryl/α,β-unsaturated/α-hetero) is 1. The van der Waals surface area contributed by atoms with Gasteiger partial charge in [0.2, 0.25) is 12.7 Å². The van der Waals surface area contributed by atoms with E-state index in [1.54, 1.807) is 0 Å². The number of hydrogen-bond donors (Lipinski definition) is 1. The standard InChI is InChI=1S/C11H10ClNO4/c1-5(14)9-7(13-6(2)15)3-8-11(10(9)12)17-4-16-8/h3H,4H2,1-2H3,(H,13,15). The van der Waals surface area contributed by atoms with E-state index in [2.05, 4.69) is 5.32 Å². The van der Waals surface area contributed by atoms with Crippen molar-refractivity contribution in [3.63, 3.8) is 0 Å². The van der Waals surface area contributed by atoms with Crippen LogP contribution in [0.4, 0.5) is 5.69 Å². The summed E-state index contributed by atoms with van der Waals surface area (Å²) in [6.07, 6.45) is 0. The Morgan fingerprint density at radius 3 is 2.65 bits per heavy atom. The maximum Gasteiger partial charge on any atom is 0.231 e. The second-order valence-electron chi connectivity index (χ2n) is 3.58.